The molecule has 1 aromatic heterocycles. The van der Waals surface area contributed by atoms with Crippen LogP contribution in [0.1, 0.15) is 32.9 Å². The summed E-state index contributed by atoms with van der Waals surface area (Å²) in [5.41, 5.74) is 6.85. The van der Waals surface area contributed by atoms with Crippen molar-refractivity contribution in [3.63, 3.8) is 0 Å². The lowest BCUT2D eigenvalue weighted by molar-refractivity contribution is 0.0763. The lowest BCUT2D eigenvalue weighted by atomic mass is 10.0. The van der Waals surface area contributed by atoms with E-state index >= 15 is 0 Å². The number of hydrogen-bond donors (Lipinski definition) is 0. The molecule has 0 N–H and O–H groups in total. The Labute approximate surface area is 147 Å². The number of aryl methyl sites for hydroxylation is 2. The highest BCUT2D eigenvalue weighted by molar-refractivity contribution is 5.97. The molecule has 0 radical (unpaired) electrons. The number of rotatable bonds is 1. The minimum atomic E-state index is 0.0785. The zero-order valence-corrected chi connectivity index (χ0v) is 14.6. The van der Waals surface area contributed by atoms with Gasteiger partial charge in [0.25, 0.3) is 5.91 Å². The van der Waals surface area contributed by atoms with Gasteiger partial charge in [0.1, 0.15) is 0 Å². The van der Waals surface area contributed by atoms with Crippen molar-refractivity contribution in [2.45, 2.75) is 26.7 Å². The van der Waals surface area contributed by atoms with Gasteiger partial charge < -0.3 is 4.90 Å². The number of fused-ring (bicyclic) bond motifs is 2. The number of carbonyl (C=O) groups is 1. The maximum Gasteiger partial charge on any atom is 0.253 e. The van der Waals surface area contributed by atoms with E-state index in [9.17, 15) is 4.79 Å². The van der Waals surface area contributed by atoms with Gasteiger partial charge in [0, 0.05) is 18.7 Å². The molecule has 1 aliphatic heterocycles. The second-order valence-electron chi connectivity index (χ2n) is 6.66. The molecule has 0 bridgehead atoms. The molecule has 25 heavy (non-hydrogen) atoms. The molecule has 3 aromatic rings. The van der Waals surface area contributed by atoms with E-state index in [0.29, 0.717) is 5.56 Å². The molecule has 1 amide bonds. The standard InChI is InChI=1S/C21H21N3O/c1-14-15(2)23-20-13-18(7-8-19(20)22-14)21(25)24-11-9-16-5-3-4-6-17(16)10-12-24/h3-8,13H,9-12H2,1-2H3. The van der Waals surface area contributed by atoms with Crippen molar-refractivity contribution in [2.75, 3.05) is 13.1 Å². The maximum absolute atomic E-state index is 13.0. The summed E-state index contributed by atoms with van der Waals surface area (Å²) < 4.78 is 0. The van der Waals surface area contributed by atoms with Crippen LogP contribution in [-0.4, -0.2) is 33.9 Å². The Morgan fingerprint density at radius 3 is 2.12 bits per heavy atom. The number of hydrogen-bond acceptors (Lipinski definition) is 3. The Morgan fingerprint density at radius 1 is 0.880 bits per heavy atom. The summed E-state index contributed by atoms with van der Waals surface area (Å²) in [5, 5.41) is 0. The van der Waals surface area contributed by atoms with Crippen LogP contribution in [0.4, 0.5) is 0 Å². The number of benzene rings is 2. The predicted molar refractivity (Wildman–Crippen MR) is 98.8 cm³/mol. The van der Waals surface area contributed by atoms with Crippen molar-refractivity contribution in [2.24, 2.45) is 0 Å². The second kappa shape index (κ2) is 6.28. The van der Waals surface area contributed by atoms with Gasteiger partial charge in [-0.15, -0.1) is 0 Å². The summed E-state index contributed by atoms with van der Waals surface area (Å²) in [7, 11) is 0. The average Bonchev–Trinajstić information content (AvgIpc) is 2.84. The summed E-state index contributed by atoms with van der Waals surface area (Å²) in [6, 6.07) is 14.1. The van der Waals surface area contributed by atoms with E-state index < -0.39 is 0 Å². The SMILES string of the molecule is Cc1nc2ccc(C(=O)N3CCc4ccccc4CC3)cc2nc1C. The first-order chi connectivity index (χ1) is 12.1. The van der Waals surface area contributed by atoms with Crippen molar-refractivity contribution < 1.29 is 4.79 Å². The van der Waals surface area contributed by atoms with Gasteiger partial charge in [-0.25, -0.2) is 9.97 Å². The minimum Gasteiger partial charge on any atom is -0.338 e. The Hall–Kier alpha value is -2.75. The topological polar surface area (TPSA) is 46.1 Å². The predicted octanol–water partition coefficient (Wildman–Crippen LogP) is 3.49. The van der Waals surface area contributed by atoms with Crippen LogP contribution in [0.15, 0.2) is 42.5 Å². The molecule has 4 nitrogen and oxygen atoms in total. The number of carbonyl (C=O) groups excluding carboxylic acids is 1. The molecule has 0 unspecified atom stereocenters. The van der Waals surface area contributed by atoms with Gasteiger partial charge >= 0.3 is 0 Å². The van der Waals surface area contributed by atoms with E-state index in [-0.39, 0.29) is 5.91 Å². The van der Waals surface area contributed by atoms with Gasteiger partial charge in [-0.05, 0) is 56.0 Å². The molecule has 4 heteroatoms. The molecule has 0 atom stereocenters. The molecule has 0 saturated carbocycles. The Kier molecular flexibility index (Phi) is 3.96. The van der Waals surface area contributed by atoms with Crippen LogP contribution in [0.5, 0.6) is 0 Å². The molecule has 0 saturated heterocycles. The quantitative estimate of drug-likeness (QED) is 0.686. The normalized spacial score (nSPS) is 14.2. The molecule has 0 aliphatic carbocycles. The van der Waals surface area contributed by atoms with Crippen molar-refractivity contribution >= 4 is 16.9 Å². The summed E-state index contributed by atoms with van der Waals surface area (Å²) in [5.74, 6) is 0.0785. The first-order valence-electron chi connectivity index (χ1n) is 8.73. The number of aromatic nitrogens is 2. The third kappa shape index (κ3) is 3.00. The second-order valence-corrected chi connectivity index (χ2v) is 6.66. The first-order valence-corrected chi connectivity index (χ1v) is 8.73. The molecule has 2 aromatic carbocycles. The van der Waals surface area contributed by atoms with Crippen LogP contribution in [0.3, 0.4) is 0 Å². The van der Waals surface area contributed by atoms with Crippen molar-refractivity contribution in [3.05, 3.63) is 70.5 Å². The maximum atomic E-state index is 13.0. The fraction of sp³-hybridized carbons (Fsp3) is 0.286. The van der Waals surface area contributed by atoms with E-state index in [1.54, 1.807) is 0 Å². The molecule has 0 fully saturated rings. The van der Waals surface area contributed by atoms with Crippen molar-refractivity contribution in [1.29, 1.82) is 0 Å². The lowest BCUT2D eigenvalue weighted by Gasteiger charge is -2.20. The van der Waals surface area contributed by atoms with Crippen molar-refractivity contribution in [3.8, 4) is 0 Å². The molecular weight excluding hydrogens is 310 g/mol. The molecule has 4 rings (SSSR count). The van der Waals surface area contributed by atoms with Gasteiger partial charge in [0.15, 0.2) is 0 Å². The van der Waals surface area contributed by atoms with Crippen LogP contribution in [-0.2, 0) is 12.8 Å². The highest BCUT2D eigenvalue weighted by Gasteiger charge is 2.20. The van der Waals surface area contributed by atoms with Gasteiger partial charge in [-0.2, -0.15) is 0 Å². The Bertz CT molecular complexity index is 938. The summed E-state index contributed by atoms with van der Waals surface area (Å²) >= 11 is 0. The molecule has 0 spiro atoms. The smallest absolute Gasteiger partial charge is 0.253 e. The largest absolute Gasteiger partial charge is 0.338 e. The van der Waals surface area contributed by atoms with E-state index in [1.165, 1.54) is 11.1 Å². The van der Waals surface area contributed by atoms with E-state index in [1.807, 2.05) is 36.9 Å². The third-order valence-corrected chi connectivity index (χ3v) is 5.03. The van der Waals surface area contributed by atoms with Gasteiger partial charge in [0.05, 0.1) is 22.4 Å². The fourth-order valence-corrected chi connectivity index (χ4v) is 3.42. The lowest BCUT2D eigenvalue weighted by Crippen LogP contribution is -2.33. The summed E-state index contributed by atoms with van der Waals surface area (Å²) in [6.07, 6.45) is 1.82. The number of nitrogens with zero attached hydrogens (tertiary/aromatic N) is 3. The zero-order chi connectivity index (χ0) is 17.4. The van der Waals surface area contributed by atoms with Crippen LogP contribution in [0.25, 0.3) is 11.0 Å². The Morgan fingerprint density at radius 2 is 1.48 bits per heavy atom. The summed E-state index contributed by atoms with van der Waals surface area (Å²) in [6.45, 7) is 5.41. The zero-order valence-electron chi connectivity index (χ0n) is 14.6. The van der Waals surface area contributed by atoms with E-state index in [2.05, 4.69) is 34.2 Å². The highest BCUT2D eigenvalue weighted by Crippen LogP contribution is 2.19. The number of amides is 1. The highest BCUT2D eigenvalue weighted by atomic mass is 16.2. The molecule has 1 aliphatic rings. The average molecular weight is 331 g/mol. The first kappa shape index (κ1) is 15.8. The fourth-order valence-electron chi connectivity index (χ4n) is 3.42. The van der Waals surface area contributed by atoms with Gasteiger partial charge in [-0.3, -0.25) is 4.79 Å². The van der Waals surface area contributed by atoms with E-state index in [4.69, 9.17) is 0 Å². The molecule has 126 valence electrons. The molecule has 2 heterocycles. The van der Waals surface area contributed by atoms with Crippen LogP contribution in [0, 0.1) is 13.8 Å². The van der Waals surface area contributed by atoms with Crippen molar-refractivity contribution in [1.82, 2.24) is 14.9 Å². The summed E-state index contributed by atoms with van der Waals surface area (Å²) in [4.78, 5) is 24.1. The van der Waals surface area contributed by atoms with Gasteiger partial charge in [-0.1, -0.05) is 24.3 Å². The van der Waals surface area contributed by atoms with Crippen LogP contribution >= 0.6 is 0 Å². The van der Waals surface area contributed by atoms with Crippen LogP contribution in [0.2, 0.25) is 0 Å². The van der Waals surface area contributed by atoms with E-state index in [0.717, 1.165) is 48.4 Å². The van der Waals surface area contributed by atoms with Crippen LogP contribution < -0.4 is 0 Å². The third-order valence-electron chi connectivity index (χ3n) is 5.03. The molecular formula is C21H21N3O. The Balaban J connectivity index is 1.61. The van der Waals surface area contributed by atoms with Gasteiger partial charge in [0.2, 0.25) is 0 Å². The minimum absolute atomic E-state index is 0.0785. The monoisotopic (exact) mass is 331 g/mol.